The molecule has 0 unspecified atom stereocenters. The molecule has 2 heteroatoms. The molecule has 0 amide bonds. The van der Waals surface area contributed by atoms with Crippen LogP contribution < -0.4 is 11.5 Å². The molecular weight excluding hydrogens is 136 g/mol. The summed E-state index contributed by atoms with van der Waals surface area (Å²) in [6, 6.07) is 7.77. The SMILES string of the molecule is N/C=C/Cc1ccccc1N. The van der Waals surface area contributed by atoms with Crippen molar-refractivity contribution < 1.29 is 0 Å². The molecule has 0 aliphatic heterocycles. The topological polar surface area (TPSA) is 52.0 Å². The van der Waals surface area contributed by atoms with Crippen LogP contribution in [0.5, 0.6) is 0 Å². The first-order valence-electron chi connectivity index (χ1n) is 3.54. The number of nitrogens with two attached hydrogens (primary N) is 2. The standard InChI is InChI=1S/C9H12N2/c10-7-3-5-8-4-1-2-6-9(8)11/h1-4,6-7H,5,10-11H2/b7-3+. The van der Waals surface area contributed by atoms with Crippen LogP contribution in [-0.2, 0) is 6.42 Å². The van der Waals surface area contributed by atoms with Gasteiger partial charge in [0.25, 0.3) is 0 Å². The Kier molecular flexibility index (Phi) is 2.55. The van der Waals surface area contributed by atoms with Crippen LogP contribution in [0.15, 0.2) is 36.5 Å². The van der Waals surface area contributed by atoms with Crippen molar-refractivity contribution in [1.82, 2.24) is 0 Å². The van der Waals surface area contributed by atoms with E-state index in [0.29, 0.717) is 0 Å². The average molecular weight is 148 g/mol. The number of nitrogen functional groups attached to an aromatic ring is 1. The Hall–Kier alpha value is -1.44. The molecule has 0 saturated carbocycles. The van der Waals surface area contributed by atoms with Gasteiger partial charge in [-0.05, 0) is 24.3 Å². The van der Waals surface area contributed by atoms with Crippen LogP contribution in [0.4, 0.5) is 5.69 Å². The van der Waals surface area contributed by atoms with E-state index in [2.05, 4.69) is 0 Å². The second-order valence-corrected chi connectivity index (χ2v) is 2.33. The third-order valence-electron chi connectivity index (χ3n) is 1.53. The zero-order chi connectivity index (χ0) is 8.10. The van der Waals surface area contributed by atoms with Crippen LogP contribution in [0.1, 0.15) is 5.56 Å². The van der Waals surface area contributed by atoms with E-state index < -0.39 is 0 Å². The quantitative estimate of drug-likeness (QED) is 0.621. The van der Waals surface area contributed by atoms with Gasteiger partial charge in [0.2, 0.25) is 0 Å². The Morgan fingerprint density at radius 1 is 1.27 bits per heavy atom. The predicted molar refractivity (Wildman–Crippen MR) is 47.9 cm³/mol. The van der Waals surface area contributed by atoms with Gasteiger partial charge in [-0.3, -0.25) is 0 Å². The smallest absolute Gasteiger partial charge is 0.0349 e. The summed E-state index contributed by atoms with van der Waals surface area (Å²) in [5.74, 6) is 0. The first-order chi connectivity index (χ1) is 5.34. The van der Waals surface area contributed by atoms with Gasteiger partial charge in [0.05, 0.1) is 0 Å². The van der Waals surface area contributed by atoms with E-state index in [1.165, 1.54) is 6.20 Å². The zero-order valence-electron chi connectivity index (χ0n) is 6.33. The largest absolute Gasteiger partial charge is 0.405 e. The van der Waals surface area contributed by atoms with Crippen LogP contribution in [-0.4, -0.2) is 0 Å². The molecule has 0 fully saturated rings. The van der Waals surface area contributed by atoms with Crippen molar-refractivity contribution in [2.24, 2.45) is 5.73 Å². The fraction of sp³-hybridized carbons (Fsp3) is 0.111. The van der Waals surface area contributed by atoms with Gasteiger partial charge in [-0.15, -0.1) is 0 Å². The van der Waals surface area contributed by atoms with Crippen molar-refractivity contribution in [3.63, 3.8) is 0 Å². The molecule has 1 rings (SSSR count). The molecule has 0 heterocycles. The minimum atomic E-state index is 0.809. The van der Waals surface area contributed by atoms with Gasteiger partial charge in [-0.2, -0.15) is 0 Å². The molecule has 0 aliphatic rings. The van der Waals surface area contributed by atoms with E-state index in [-0.39, 0.29) is 0 Å². The van der Waals surface area contributed by atoms with Gasteiger partial charge >= 0.3 is 0 Å². The molecule has 2 nitrogen and oxygen atoms in total. The Morgan fingerprint density at radius 3 is 2.64 bits per heavy atom. The molecule has 58 valence electrons. The second-order valence-electron chi connectivity index (χ2n) is 2.33. The predicted octanol–water partition coefficient (Wildman–Crippen LogP) is 1.28. The highest BCUT2D eigenvalue weighted by molar-refractivity contribution is 5.47. The fourth-order valence-corrected chi connectivity index (χ4v) is 0.915. The van der Waals surface area contributed by atoms with E-state index in [0.717, 1.165) is 17.7 Å². The van der Waals surface area contributed by atoms with Crippen LogP contribution in [0.25, 0.3) is 0 Å². The number of hydrogen-bond acceptors (Lipinski definition) is 2. The van der Waals surface area contributed by atoms with Crippen molar-refractivity contribution in [2.45, 2.75) is 6.42 Å². The van der Waals surface area contributed by atoms with Crippen molar-refractivity contribution in [3.8, 4) is 0 Å². The molecule has 11 heavy (non-hydrogen) atoms. The molecular formula is C9H12N2. The maximum atomic E-state index is 5.69. The van der Waals surface area contributed by atoms with Gasteiger partial charge in [0.15, 0.2) is 0 Å². The first kappa shape index (κ1) is 7.66. The molecule has 0 radical (unpaired) electrons. The molecule has 0 spiro atoms. The summed E-state index contributed by atoms with van der Waals surface area (Å²) in [5.41, 5.74) is 12.8. The van der Waals surface area contributed by atoms with E-state index >= 15 is 0 Å². The highest BCUT2D eigenvalue weighted by Crippen LogP contribution is 2.10. The second kappa shape index (κ2) is 3.66. The summed E-state index contributed by atoms with van der Waals surface area (Å²) >= 11 is 0. The summed E-state index contributed by atoms with van der Waals surface area (Å²) in [6.07, 6.45) is 4.22. The summed E-state index contributed by atoms with van der Waals surface area (Å²) in [4.78, 5) is 0. The van der Waals surface area contributed by atoms with Crippen LogP contribution in [0.2, 0.25) is 0 Å². The van der Waals surface area contributed by atoms with Crippen LogP contribution in [0, 0.1) is 0 Å². The minimum Gasteiger partial charge on any atom is -0.405 e. The van der Waals surface area contributed by atoms with Gasteiger partial charge in [0.1, 0.15) is 0 Å². The Bertz CT molecular complexity index is 253. The lowest BCUT2D eigenvalue weighted by Gasteiger charge is -1.99. The molecule has 1 aromatic carbocycles. The van der Waals surface area contributed by atoms with Crippen molar-refractivity contribution in [2.75, 3.05) is 5.73 Å². The minimum absolute atomic E-state index is 0.809. The molecule has 0 aliphatic carbocycles. The summed E-state index contributed by atoms with van der Waals surface area (Å²) < 4.78 is 0. The number of rotatable bonds is 2. The highest BCUT2D eigenvalue weighted by Gasteiger charge is 1.92. The van der Waals surface area contributed by atoms with E-state index in [1.807, 2.05) is 30.3 Å². The van der Waals surface area contributed by atoms with Gasteiger partial charge in [-0.1, -0.05) is 24.3 Å². The Labute approximate surface area is 66.5 Å². The van der Waals surface area contributed by atoms with Crippen molar-refractivity contribution in [1.29, 1.82) is 0 Å². The van der Waals surface area contributed by atoms with Gasteiger partial charge < -0.3 is 11.5 Å². The normalized spacial score (nSPS) is 10.5. The van der Waals surface area contributed by atoms with Gasteiger partial charge in [0, 0.05) is 5.69 Å². The lowest BCUT2D eigenvalue weighted by molar-refractivity contribution is 1.26. The van der Waals surface area contributed by atoms with Crippen molar-refractivity contribution >= 4 is 5.69 Å². The van der Waals surface area contributed by atoms with Crippen LogP contribution >= 0.6 is 0 Å². The number of anilines is 1. The Balaban J connectivity index is 2.77. The van der Waals surface area contributed by atoms with Crippen molar-refractivity contribution in [3.05, 3.63) is 42.1 Å². The zero-order valence-corrected chi connectivity index (χ0v) is 6.33. The lowest BCUT2D eigenvalue weighted by Crippen LogP contribution is -1.92. The summed E-state index contributed by atoms with van der Waals surface area (Å²) in [7, 11) is 0. The highest BCUT2D eigenvalue weighted by atomic mass is 14.6. The third kappa shape index (κ3) is 2.00. The van der Waals surface area contributed by atoms with E-state index in [4.69, 9.17) is 11.5 Å². The summed E-state index contributed by atoms with van der Waals surface area (Å²) in [6.45, 7) is 0. The number of para-hydroxylation sites is 1. The van der Waals surface area contributed by atoms with Gasteiger partial charge in [-0.25, -0.2) is 0 Å². The van der Waals surface area contributed by atoms with Crippen LogP contribution in [0.3, 0.4) is 0 Å². The molecule has 1 aromatic rings. The molecule has 0 saturated heterocycles. The number of benzene rings is 1. The molecule has 0 bridgehead atoms. The van der Waals surface area contributed by atoms with E-state index in [9.17, 15) is 0 Å². The number of allylic oxidation sites excluding steroid dienone is 1. The first-order valence-corrected chi connectivity index (χ1v) is 3.54. The third-order valence-corrected chi connectivity index (χ3v) is 1.53. The molecule has 0 aromatic heterocycles. The van der Waals surface area contributed by atoms with E-state index in [1.54, 1.807) is 0 Å². The lowest BCUT2D eigenvalue weighted by atomic mass is 10.1. The monoisotopic (exact) mass is 148 g/mol. The number of hydrogen-bond donors (Lipinski definition) is 2. The average Bonchev–Trinajstić information content (AvgIpc) is 2.03. The Morgan fingerprint density at radius 2 is 2.00 bits per heavy atom. The maximum Gasteiger partial charge on any atom is 0.0349 e. The fourth-order valence-electron chi connectivity index (χ4n) is 0.915. The molecule has 4 N–H and O–H groups in total. The molecule has 0 atom stereocenters. The summed E-state index contributed by atoms with van der Waals surface area (Å²) in [5, 5.41) is 0. The maximum absolute atomic E-state index is 5.69.